The first kappa shape index (κ1) is 16.6. The molecule has 3 rings (SSSR count). The lowest BCUT2D eigenvalue weighted by atomic mass is 10.1. The Morgan fingerprint density at radius 2 is 2.00 bits per heavy atom. The zero-order valence-corrected chi connectivity index (χ0v) is 14.5. The van der Waals surface area contributed by atoms with Gasteiger partial charge in [0, 0.05) is 19.5 Å². The summed E-state index contributed by atoms with van der Waals surface area (Å²) in [6, 6.07) is 14.2. The van der Waals surface area contributed by atoms with Crippen LogP contribution in [0.4, 0.5) is 0 Å². The number of amides is 1. The maximum Gasteiger partial charge on any atom is 0.257 e. The minimum atomic E-state index is 0.0745. The molecule has 0 aliphatic carbocycles. The van der Waals surface area contributed by atoms with Gasteiger partial charge in [-0.15, -0.1) is 0 Å². The van der Waals surface area contributed by atoms with E-state index < -0.39 is 0 Å². The Bertz CT molecular complexity index is 724. The summed E-state index contributed by atoms with van der Waals surface area (Å²) in [6.07, 6.45) is 2.97. The van der Waals surface area contributed by atoms with Crippen molar-refractivity contribution in [1.29, 1.82) is 0 Å². The van der Waals surface area contributed by atoms with Crippen LogP contribution in [0.25, 0.3) is 0 Å². The zero-order chi connectivity index (χ0) is 16.9. The molecular formula is C21H25NO2. The molecule has 0 bridgehead atoms. The number of benzene rings is 2. The predicted molar refractivity (Wildman–Crippen MR) is 96.5 cm³/mol. The molecule has 24 heavy (non-hydrogen) atoms. The Labute approximate surface area is 144 Å². The number of unbranched alkanes of at least 4 members (excludes halogenated alkanes) is 1. The fourth-order valence-corrected chi connectivity index (χ4v) is 3.15. The van der Waals surface area contributed by atoms with E-state index in [1.807, 2.05) is 29.2 Å². The van der Waals surface area contributed by atoms with Gasteiger partial charge in [-0.25, -0.2) is 0 Å². The minimum absolute atomic E-state index is 0.0745. The van der Waals surface area contributed by atoms with Crippen LogP contribution < -0.4 is 4.74 Å². The highest BCUT2D eigenvalue weighted by Gasteiger charge is 2.24. The van der Waals surface area contributed by atoms with Crippen LogP contribution in [0.15, 0.2) is 42.5 Å². The second kappa shape index (κ2) is 7.52. The average molecular weight is 323 g/mol. The molecule has 0 saturated heterocycles. The summed E-state index contributed by atoms with van der Waals surface area (Å²) in [5, 5.41) is 0. The van der Waals surface area contributed by atoms with E-state index in [0.29, 0.717) is 18.7 Å². The van der Waals surface area contributed by atoms with Crippen molar-refractivity contribution in [3.05, 3.63) is 64.7 Å². The highest BCUT2D eigenvalue weighted by molar-refractivity contribution is 5.97. The monoisotopic (exact) mass is 323 g/mol. The van der Waals surface area contributed by atoms with Gasteiger partial charge < -0.3 is 9.64 Å². The topological polar surface area (TPSA) is 29.5 Å². The van der Waals surface area contributed by atoms with E-state index in [-0.39, 0.29) is 5.91 Å². The third-order valence-corrected chi connectivity index (χ3v) is 4.64. The number of rotatable bonds is 6. The van der Waals surface area contributed by atoms with Crippen molar-refractivity contribution in [2.24, 2.45) is 0 Å². The summed E-state index contributed by atoms with van der Waals surface area (Å²) in [5.41, 5.74) is 4.28. The van der Waals surface area contributed by atoms with Crippen LogP contribution in [0.2, 0.25) is 0 Å². The van der Waals surface area contributed by atoms with Gasteiger partial charge in [0.1, 0.15) is 5.75 Å². The van der Waals surface area contributed by atoms with E-state index in [1.165, 1.54) is 11.1 Å². The number of aryl methyl sites for hydroxylation is 1. The molecule has 0 aromatic heterocycles. The summed E-state index contributed by atoms with van der Waals surface area (Å²) < 4.78 is 5.73. The SMILES string of the molecule is CCCCN(Cc1ccccc1C)C(=O)c1cccc2c1OCC2. The van der Waals surface area contributed by atoms with Gasteiger partial charge in [0.15, 0.2) is 0 Å². The van der Waals surface area contributed by atoms with Crippen LogP contribution >= 0.6 is 0 Å². The van der Waals surface area contributed by atoms with E-state index in [4.69, 9.17) is 4.74 Å². The van der Waals surface area contributed by atoms with Crippen molar-refractivity contribution >= 4 is 5.91 Å². The normalized spacial score (nSPS) is 12.6. The van der Waals surface area contributed by atoms with Gasteiger partial charge in [-0.05, 0) is 36.1 Å². The summed E-state index contributed by atoms with van der Waals surface area (Å²) in [7, 11) is 0. The summed E-state index contributed by atoms with van der Waals surface area (Å²) >= 11 is 0. The van der Waals surface area contributed by atoms with Gasteiger partial charge >= 0.3 is 0 Å². The van der Waals surface area contributed by atoms with Crippen LogP contribution in [-0.2, 0) is 13.0 Å². The van der Waals surface area contributed by atoms with Crippen molar-refractivity contribution in [3.8, 4) is 5.75 Å². The summed E-state index contributed by atoms with van der Waals surface area (Å²) in [5.74, 6) is 0.860. The lowest BCUT2D eigenvalue weighted by Gasteiger charge is -2.24. The number of carbonyl (C=O) groups is 1. The van der Waals surface area contributed by atoms with Crippen molar-refractivity contribution < 1.29 is 9.53 Å². The molecule has 1 aliphatic heterocycles. The van der Waals surface area contributed by atoms with Gasteiger partial charge in [0.2, 0.25) is 0 Å². The molecule has 0 spiro atoms. The predicted octanol–water partition coefficient (Wildman–Crippen LogP) is 4.37. The van der Waals surface area contributed by atoms with Gasteiger partial charge in [0.05, 0.1) is 12.2 Å². The summed E-state index contributed by atoms with van der Waals surface area (Å²) in [4.78, 5) is 15.1. The Hall–Kier alpha value is -2.29. The van der Waals surface area contributed by atoms with Gasteiger partial charge in [0.25, 0.3) is 5.91 Å². The van der Waals surface area contributed by atoms with E-state index >= 15 is 0 Å². The molecule has 1 heterocycles. The third kappa shape index (κ3) is 3.45. The van der Waals surface area contributed by atoms with Gasteiger partial charge in [-0.1, -0.05) is 49.7 Å². The number of ether oxygens (including phenoxy) is 1. The van der Waals surface area contributed by atoms with Gasteiger partial charge in [-0.3, -0.25) is 4.79 Å². The molecule has 2 aromatic rings. The number of para-hydroxylation sites is 1. The van der Waals surface area contributed by atoms with E-state index in [0.717, 1.165) is 37.1 Å². The molecule has 1 aliphatic rings. The average Bonchev–Trinajstić information content (AvgIpc) is 3.08. The van der Waals surface area contributed by atoms with E-state index in [2.05, 4.69) is 32.0 Å². The Kier molecular flexibility index (Phi) is 5.19. The number of hydrogen-bond donors (Lipinski definition) is 0. The lowest BCUT2D eigenvalue weighted by Crippen LogP contribution is -2.32. The highest BCUT2D eigenvalue weighted by atomic mass is 16.5. The first-order valence-corrected chi connectivity index (χ1v) is 8.79. The van der Waals surface area contributed by atoms with Crippen LogP contribution in [-0.4, -0.2) is 24.0 Å². The maximum absolute atomic E-state index is 13.2. The fraction of sp³-hybridized carbons (Fsp3) is 0.381. The molecule has 0 saturated carbocycles. The minimum Gasteiger partial charge on any atom is -0.492 e. The molecule has 1 amide bonds. The van der Waals surface area contributed by atoms with Crippen molar-refractivity contribution in [2.45, 2.75) is 39.7 Å². The summed E-state index contributed by atoms with van der Waals surface area (Å²) in [6.45, 7) is 6.34. The Balaban J connectivity index is 1.87. The first-order chi connectivity index (χ1) is 11.7. The molecule has 126 valence electrons. The van der Waals surface area contributed by atoms with Crippen molar-refractivity contribution in [3.63, 3.8) is 0 Å². The smallest absolute Gasteiger partial charge is 0.257 e. The molecule has 3 heteroatoms. The molecule has 2 aromatic carbocycles. The third-order valence-electron chi connectivity index (χ3n) is 4.64. The molecule has 3 nitrogen and oxygen atoms in total. The van der Waals surface area contributed by atoms with Crippen LogP contribution in [0.1, 0.15) is 46.8 Å². The lowest BCUT2D eigenvalue weighted by molar-refractivity contribution is 0.0737. The van der Waals surface area contributed by atoms with Crippen molar-refractivity contribution in [2.75, 3.05) is 13.2 Å². The number of hydrogen-bond acceptors (Lipinski definition) is 2. The second-order valence-electron chi connectivity index (χ2n) is 6.40. The maximum atomic E-state index is 13.2. The molecule has 0 unspecified atom stereocenters. The number of nitrogens with zero attached hydrogens (tertiary/aromatic N) is 1. The quantitative estimate of drug-likeness (QED) is 0.790. The van der Waals surface area contributed by atoms with E-state index in [1.54, 1.807) is 0 Å². The standard InChI is InChI=1S/C21H25NO2/c1-3-4-13-22(15-18-9-6-5-8-16(18)2)21(23)19-11-7-10-17-12-14-24-20(17)19/h5-11H,3-4,12-15H2,1-2H3. The fourth-order valence-electron chi connectivity index (χ4n) is 3.15. The second-order valence-corrected chi connectivity index (χ2v) is 6.40. The molecule has 0 fully saturated rings. The molecular weight excluding hydrogens is 298 g/mol. The van der Waals surface area contributed by atoms with Crippen LogP contribution in [0.3, 0.4) is 0 Å². The van der Waals surface area contributed by atoms with Crippen molar-refractivity contribution in [1.82, 2.24) is 4.90 Å². The molecule has 0 N–H and O–H groups in total. The Morgan fingerprint density at radius 1 is 1.17 bits per heavy atom. The van der Waals surface area contributed by atoms with Gasteiger partial charge in [-0.2, -0.15) is 0 Å². The Morgan fingerprint density at radius 3 is 2.79 bits per heavy atom. The van der Waals surface area contributed by atoms with Crippen LogP contribution in [0.5, 0.6) is 5.75 Å². The number of carbonyl (C=O) groups excluding carboxylic acids is 1. The highest BCUT2D eigenvalue weighted by Crippen LogP contribution is 2.30. The van der Waals surface area contributed by atoms with E-state index in [9.17, 15) is 4.79 Å². The van der Waals surface area contributed by atoms with Crippen LogP contribution in [0, 0.1) is 6.92 Å². The first-order valence-electron chi connectivity index (χ1n) is 8.79. The molecule has 0 atom stereocenters. The largest absolute Gasteiger partial charge is 0.492 e. The molecule has 0 radical (unpaired) electrons. The number of fused-ring (bicyclic) bond motifs is 1. The zero-order valence-electron chi connectivity index (χ0n) is 14.5.